The highest BCUT2D eigenvalue weighted by Crippen LogP contribution is 2.25. The Morgan fingerprint density at radius 1 is 0.900 bits per heavy atom. The lowest BCUT2D eigenvalue weighted by atomic mass is 10.3. The highest BCUT2D eigenvalue weighted by molar-refractivity contribution is 7.92. The number of benzene rings is 2. The van der Waals surface area contributed by atoms with E-state index in [1.807, 2.05) is 0 Å². The van der Waals surface area contributed by atoms with E-state index in [1.165, 1.54) is 16.4 Å². The van der Waals surface area contributed by atoms with Gasteiger partial charge in [-0.25, -0.2) is 8.42 Å². The van der Waals surface area contributed by atoms with Crippen LogP contribution in [0.3, 0.4) is 0 Å². The van der Waals surface area contributed by atoms with Gasteiger partial charge in [0.2, 0.25) is 0 Å². The molecule has 0 saturated carbocycles. The fraction of sp³-hybridized carbons (Fsp3) is 0.143. The summed E-state index contributed by atoms with van der Waals surface area (Å²) < 4.78 is 26.5. The SMILES string of the molecule is CCN(c1ccc(Cl)cc1)S(=O)(=O)c1ccc(Cl)cc1. The summed E-state index contributed by atoms with van der Waals surface area (Å²) in [5.41, 5.74) is 0.576. The molecule has 0 atom stereocenters. The molecule has 20 heavy (non-hydrogen) atoms. The minimum atomic E-state index is -3.60. The topological polar surface area (TPSA) is 37.4 Å². The lowest BCUT2D eigenvalue weighted by Crippen LogP contribution is -2.30. The van der Waals surface area contributed by atoms with Crippen LogP contribution in [0.1, 0.15) is 6.92 Å². The average Bonchev–Trinajstić information content (AvgIpc) is 2.42. The van der Waals surface area contributed by atoms with E-state index in [9.17, 15) is 8.42 Å². The van der Waals surface area contributed by atoms with Crippen LogP contribution < -0.4 is 4.31 Å². The highest BCUT2D eigenvalue weighted by Gasteiger charge is 2.23. The van der Waals surface area contributed by atoms with Gasteiger partial charge in [0.1, 0.15) is 0 Å². The number of nitrogens with zero attached hydrogens (tertiary/aromatic N) is 1. The molecule has 0 saturated heterocycles. The highest BCUT2D eigenvalue weighted by atomic mass is 35.5. The molecule has 6 heteroatoms. The van der Waals surface area contributed by atoms with Crippen molar-refractivity contribution < 1.29 is 8.42 Å². The summed E-state index contributed by atoms with van der Waals surface area (Å²) in [5, 5.41) is 1.06. The maximum absolute atomic E-state index is 12.6. The van der Waals surface area contributed by atoms with Gasteiger partial charge < -0.3 is 0 Å². The Morgan fingerprint density at radius 3 is 1.80 bits per heavy atom. The quantitative estimate of drug-likeness (QED) is 0.842. The van der Waals surface area contributed by atoms with Crippen LogP contribution >= 0.6 is 23.2 Å². The van der Waals surface area contributed by atoms with E-state index >= 15 is 0 Å². The van der Waals surface area contributed by atoms with Gasteiger partial charge in [-0.15, -0.1) is 0 Å². The molecule has 0 heterocycles. The zero-order valence-electron chi connectivity index (χ0n) is 10.8. The first-order valence-corrected chi connectivity index (χ1v) is 8.18. The third-order valence-corrected chi connectivity index (χ3v) is 5.22. The maximum atomic E-state index is 12.6. The summed E-state index contributed by atoms with van der Waals surface area (Å²) in [6.07, 6.45) is 0. The van der Waals surface area contributed by atoms with E-state index in [0.717, 1.165) is 0 Å². The van der Waals surface area contributed by atoms with Gasteiger partial charge in [-0.2, -0.15) is 0 Å². The Bertz CT molecular complexity index is 682. The Balaban J connectivity index is 2.44. The minimum absolute atomic E-state index is 0.207. The van der Waals surface area contributed by atoms with E-state index in [0.29, 0.717) is 22.3 Å². The van der Waals surface area contributed by atoms with Gasteiger partial charge in [0.05, 0.1) is 10.6 Å². The fourth-order valence-electron chi connectivity index (χ4n) is 1.83. The Kier molecular flexibility index (Phi) is 4.58. The Labute approximate surface area is 128 Å². The maximum Gasteiger partial charge on any atom is 0.264 e. The molecule has 0 amide bonds. The van der Waals surface area contributed by atoms with Crippen LogP contribution in [-0.4, -0.2) is 15.0 Å². The van der Waals surface area contributed by atoms with Crippen molar-refractivity contribution in [1.29, 1.82) is 0 Å². The number of hydrogen-bond acceptors (Lipinski definition) is 2. The first-order valence-electron chi connectivity index (χ1n) is 5.99. The molecule has 0 N–H and O–H groups in total. The van der Waals surface area contributed by atoms with Crippen LogP contribution in [0.5, 0.6) is 0 Å². The van der Waals surface area contributed by atoms with Crippen LogP contribution in [-0.2, 0) is 10.0 Å². The van der Waals surface area contributed by atoms with Gasteiger partial charge in [0, 0.05) is 16.6 Å². The van der Waals surface area contributed by atoms with Crippen LogP contribution in [0.15, 0.2) is 53.4 Å². The molecule has 0 aliphatic carbocycles. The second-order valence-corrected chi connectivity index (χ2v) is 6.84. The van der Waals surface area contributed by atoms with E-state index in [-0.39, 0.29) is 4.90 Å². The zero-order valence-corrected chi connectivity index (χ0v) is 13.1. The first-order chi connectivity index (χ1) is 9.45. The predicted molar refractivity (Wildman–Crippen MR) is 83.1 cm³/mol. The van der Waals surface area contributed by atoms with Gasteiger partial charge >= 0.3 is 0 Å². The molecule has 2 rings (SSSR count). The van der Waals surface area contributed by atoms with Crippen molar-refractivity contribution in [2.75, 3.05) is 10.8 Å². The molecule has 0 fully saturated rings. The molecule has 0 radical (unpaired) electrons. The third-order valence-electron chi connectivity index (χ3n) is 2.80. The van der Waals surface area contributed by atoms with E-state index < -0.39 is 10.0 Å². The summed E-state index contributed by atoms with van der Waals surface area (Å²) in [4.78, 5) is 0.207. The molecule has 0 bridgehead atoms. The third kappa shape index (κ3) is 3.08. The smallest absolute Gasteiger partial charge is 0.264 e. The molecule has 3 nitrogen and oxygen atoms in total. The number of anilines is 1. The summed E-state index contributed by atoms with van der Waals surface area (Å²) in [6.45, 7) is 2.11. The monoisotopic (exact) mass is 329 g/mol. The van der Waals surface area contributed by atoms with E-state index in [2.05, 4.69) is 0 Å². The minimum Gasteiger partial charge on any atom is -0.267 e. The lowest BCUT2D eigenvalue weighted by molar-refractivity contribution is 0.592. The number of sulfonamides is 1. The van der Waals surface area contributed by atoms with Crippen LogP contribution in [0.4, 0.5) is 5.69 Å². The molecule has 0 aliphatic heterocycles. The average molecular weight is 330 g/mol. The second-order valence-electron chi connectivity index (χ2n) is 4.10. The number of hydrogen-bond donors (Lipinski definition) is 0. The second kappa shape index (κ2) is 6.04. The number of rotatable bonds is 4. The molecule has 106 valence electrons. The van der Waals surface area contributed by atoms with Crippen molar-refractivity contribution in [3.8, 4) is 0 Å². The molecular weight excluding hydrogens is 317 g/mol. The first kappa shape index (κ1) is 15.2. The molecular formula is C14H13Cl2NO2S. The van der Waals surface area contributed by atoms with E-state index in [1.54, 1.807) is 43.3 Å². The fourth-order valence-corrected chi connectivity index (χ4v) is 3.56. The standard InChI is InChI=1S/C14H13Cl2NO2S/c1-2-17(13-7-3-11(15)4-8-13)20(18,19)14-9-5-12(16)6-10-14/h3-10H,2H2,1H3. The van der Waals surface area contributed by atoms with Gasteiger partial charge in [0.25, 0.3) is 10.0 Å². The van der Waals surface area contributed by atoms with Crippen LogP contribution in [0, 0.1) is 0 Å². The Hall–Kier alpha value is -1.23. The zero-order chi connectivity index (χ0) is 14.8. The van der Waals surface area contributed by atoms with Gasteiger partial charge in [-0.1, -0.05) is 23.2 Å². The van der Waals surface area contributed by atoms with Crippen LogP contribution in [0.25, 0.3) is 0 Å². The number of halogens is 2. The molecule has 0 unspecified atom stereocenters. The molecule has 0 aromatic heterocycles. The summed E-state index contributed by atoms with van der Waals surface area (Å²) in [6, 6.07) is 12.8. The van der Waals surface area contributed by atoms with Crippen molar-refractivity contribution in [1.82, 2.24) is 0 Å². The van der Waals surface area contributed by atoms with E-state index in [4.69, 9.17) is 23.2 Å². The lowest BCUT2D eigenvalue weighted by Gasteiger charge is -2.23. The summed E-state index contributed by atoms with van der Waals surface area (Å²) >= 11 is 11.6. The molecule has 0 aliphatic rings. The predicted octanol–water partition coefficient (Wildman–Crippen LogP) is 4.21. The van der Waals surface area contributed by atoms with Crippen molar-refractivity contribution in [2.24, 2.45) is 0 Å². The largest absolute Gasteiger partial charge is 0.267 e. The van der Waals surface area contributed by atoms with Gasteiger partial charge in [-0.3, -0.25) is 4.31 Å². The molecule has 2 aromatic carbocycles. The summed E-state index contributed by atoms with van der Waals surface area (Å²) in [5.74, 6) is 0. The van der Waals surface area contributed by atoms with Crippen molar-refractivity contribution in [3.63, 3.8) is 0 Å². The molecule has 2 aromatic rings. The van der Waals surface area contributed by atoms with Gasteiger partial charge in [-0.05, 0) is 55.5 Å². The summed E-state index contributed by atoms with van der Waals surface area (Å²) in [7, 11) is -3.60. The van der Waals surface area contributed by atoms with Gasteiger partial charge in [0.15, 0.2) is 0 Å². The molecule has 0 spiro atoms. The van der Waals surface area contributed by atoms with Crippen LogP contribution in [0.2, 0.25) is 10.0 Å². The van der Waals surface area contributed by atoms with Crippen molar-refractivity contribution in [2.45, 2.75) is 11.8 Å². The van der Waals surface area contributed by atoms with Crippen molar-refractivity contribution >= 4 is 38.9 Å². The van der Waals surface area contributed by atoms with Crippen molar-refractivity contribution in [3.05, 3.63) is 58.6 Å². The normalized spacial score (nSPS) is 11.3. The Morgan fingerprint density at radius 2 is 1.35 bits per heavy atom.